The molecule has 0 saturated carbocycles. The van der Waals surface area contributed by atoms with Gasteiger partial charge < -0.3 is 9.47 Å². The van der Waals surface area contributed by atoms with E-state index in [9.17, 15) is 10.1 Å². The van der Waals surface area contributed by atoms with Gasteiger partial charge in [-0.15, -0.1) is 0 Å². The number of hydrogen-bond acceptors (Lipinski definition) is 4. The molecule has 0 fully saturated rings. The first-order valence-electron chi connectivity index (χ1n) is 4.79. The van der Waals surface area contributed by atoms with Crippen molar-refractivity contribution in [1.29, 1.82) is 0 Å². The van der Waals surface area contributed by atoms with Gasteiger partial charge in [-0.2, -0.15) is 0 Å². The van der Waals surface area contributed by atoms with E-state index in [2.05, 4.69) is 15.9 Å². The third-order valence-corrected chi connectivity index (χ3v) is 2.47. The highest BCUT2D eigenvalue weighted by molar-refractivity contribution is 9.10. The van der Waals surface area contributed by atoms with Crippen LogP contribution in [0, 0.1) is 10.1 Å². The van der Waals surface area contributed by atoms with Crippen LogP contribution in [0.25, 0.3) is 0 Å². The highest BCUT2D eigenvalue weighted by Crippen LogP contribution is 2.29. The average molecular weight is 290 g/mol. The highest BCUT2D eigenvalue weighted by atomic mass is 79.9. The van der Waals surface area contributed by atoms with Crippen LogP contribution in [0.1, 0.15) is 6.92 Å². The van der Waals surface area contributed by atoms with Crippen LogP contribution < -0.4 is 4.74 Å². The fourth-order valence-corrected chi connectivity index (χ4v) is 1.43. The summed E-state index contributed by atoms with van der Waals surface area (Å²) in [6.45, 7) is 3.35. The lowest BCUT2D eigenvalue weighted by Gasteiger charge is -2.07. The van der Waals surface area contributed by atoms with Crippen LogP contribution in [0.15, 0.2) is 22.7 Å². The number of nitro benzene ring substituents is 1. The summed E-state index contributed by atoms with van der Waals surface area (Å²) in [5, 5.41) is 10.6. The van der Waals surface area contributed by atoms with Crippen molar-refractivity contribution in [1.82, 2.24) is 0 Å². The summed E-state index contributed by atoms with van der Waals surface area (Å²) < 4.78 is 11.1. The smallest absolute Gasteiger partial charge is 0.273 e. The zero-order valence-corrected chi connectivity index (χ0v) is 10.4. The molecular weight excluding hydrogens is 278 g/mol. The molecule has 0 aliphatic carbocycles. The lowest BCUT2D eigenvalue weighted by atomic mass is 10.3. The molecule has 1 aromatic rings. The zero-order valence-electron chi connectivity index (χ0n) is 8.81. The van der Waals surface area contributed by atoms with Crippen molar-refractivity contribution < 1.29 is 14.4 Å². The first kappa shape index (κ1) is 12.9. The van der Waals surface area contributed by atoms with Crippen molar-refractivity contribution in [2.75, 3.05) is 19.8 Å². The van der Waals surface area contributed by atoms with Crippen molar-refractivity contribution in [3.63, 3.8) is 0 Å². The first-order valence-corrected chi connectivity index (χ1v) is 5.59. The second-order valence-electron chi connectivity index (χ2n) is 2.92. The predicted octanol–water partition coefficient (Wildman–Crippen LogP) is 2.77. The number of hydrogen-bond donors (Lipinski definition) is 0. The number of ether oxygens (including phenoxy) is 2. The number of halogens is 1. The van der Waals surface area contributed by atoms with Crippen LogP contribution in [-0.2, 0) is 4.74 Å². The van der Waals surface area contributed by atoms with E-state index in [1.807, 2.05) is 6.92 Å². The van der Waals surface area contributed by atoms with Gasteiger partial charge in [0.1, 0.15) is 12.4 Å². The quantitative estimate of drug-likeness (QED) is 0.459. The van der Waals surface area contributed by atoms with Crippen LogP contribution in [0.5, 0.6) is 5.75 Å². The lowest BCUT2D eigenvalue weighted by Crippen LogP contribution is -2.06. The average Bonchev–Trinajstić information content (AvgIpc) is 2.26. The zero-order chi connectivity index (χ0) is 12.0. The van der Waals surface area contributed by atoms with Crippen molar-refractivity contribution in [2.45, 2.75) is 6.92 Å². The number of nitro groups is 1. The van der Waals surface area contributed by atoms with Crippen molar-refractivity contribution in [2.24, 2.45) is 0 Å². The molecule has 0 amide bonds. The first-order chi connectivity index (χ1) is 7.65. The van der Waals surface area contributed by atoms with Crippen molar-refractivity contribution >= 4 is 21.6 Å². The normalized spacial score (nSPS) is 10.1. The van der Waals surface area contributed by atoms with E-state index in [4.69, 9.17) is 9.47 Å². The Bertz CT molecular complexity index is 370. The van der Waals surface area contributed by atoms with Crippen LogP contribution in [-0.4, -0.2) is 24.7 Å². The molecule has 0 N–H and O–H groups in total. The number of rotatable bonds is 6. The maximum atomic E-state index is 10.6. The molecule has 0 bridgehead atoms. The standard InChI is InChI=1S/C10H12BrNO4/c1-2-15-5-6-16-10-7-8(12(13)14)3-4-9(10)11/h3-4,7H,2,5-6H2,1H3. The maximum Gasteiger partial charge on any atom is 0.273 e. The van der Waals surface area contributed by atoms with E-state index in [0.29, 0.717) is 30.0 Å². The van der Waals surface area contributed by atoms with E-state index in [-0.39, 0.29) is 5.69 Å². The van der Waals surface area contributed by atoms with E-state index in [0.717, 1.165) is 0 Å². The fourth-order valence-electron chi connectivity index (χ4n) is 1.07. The Morgan fingerprint density at radius 1 is 1.44 bits per heavy atom. The second-order valence-corrected chi connectivity index (χ2v) is 3.77. The molecule has 88 valence electrons. The van der Waals surface area contributed by atoms with Gasteiger partial charge in [-0.05, 0) is 28.9 Å². The molecule has 0 heterocycles. The van der Waals surface area contributed by atoms with Gasteiger partial charge in [-0.3, -0.25) is 10.1 Å². The number of benzene rings is 1. The van der Waals surface area contributed by atoms with E-state index < -0.39 is 4.92 Å². The molecular formula is C10H12BrNO4. The molecule has 0 unspecified atom stereocenters. The molecule has 16 heavy (non-hydrogen) atoms. The maximum absolute atomic E-state index is 10.6. The summed E-state index contributed by atoms with van der Waals surface area (Å²) in [6.07, 6.45) is 0. The minimum Gasteiger partial charge on any atom is -0.490 e. The molecule has 0 spiro atoms. The second kappa shape index (κ2) is 6.44. The summed E-state index contributed by atoms with van der Waals surface area (Å²) in [5.74, 6) is 0.453. The van der Waals surface area contributed by atoms with Crippen LogP contribution >= 0.6 is 15.9 Å². The minimum atomic E-state index is -0.457. The largest absolute Gasteiger partial charge is 0.490 e. The summed E-state index contributed by atoms with van der Waals surface area (Å²) in [6, 6.07) is 4.39. The van der Waals surface area contributed by atoms with E-state index >= 15 is 0 Å². The Hall–Kier alpha value is -1.14. The van der Waals surface area contributed by atoms with Gasteiger partial charge >= 0.3 is 0 Å². The summed E-state index contributed by atoms with van der Waals surface area (Å²) >= 11 is 3.26. The van der Waals surface area contributed by atoms with Gasteiger partial charge in [0.15, 0.2) is 0 Å². The Labute approximate surface area is 102 Å². The summed E-state index contributed by atoms with van der Waals surface area (Å²) in [4.78, 5) is 10.1. The molecule has 6 heteroatoms. The number of non-ortho nitro benzene ring substituents is 1. The van der Waals surface area contributed by atoms with Crippen molar-refractivity contribution in [3.05, 3.63) is 32.8 Å². The Morgan fingerprint density at radius 3 is 2.81 bits per heavy atom. The highest BCUT2D eigenvalue weighted by Gasteiger charge is 2.10. The van der Waals surface area contributed by atoms with Gasteiger partial charge in [0, 0.05) is 12.7 Å². The van der Waals surface area contributed by atoms with Gasteiger partial charge in [0.05, 0.1) is 22.1 Å². The van der Waals surface area contributed by atoms with E-state index in [1.165, 1.54) is 12.1 Å². The Balaban J connectivity index is 2.63. The van der Waals surface area contributed by atoms with Gasteiger partial charge in [-0.1, -0.05) is 0 Å². The molecule has 0 aliphatic rings. The molecule has 5 nitrogen and oxygen atoms in total. The molecule has 0 atom stereocenters. The summed E-state index contributed by atoms with van der Waals surface area (Å²) in [5.41, 5.74) is 0.00890. The van der Waals surface area contributed by atoms with Gasteiger partial charge in [-0.25, -0.2) is 0 Å². The number of nitrogens with zero attached hydrogens (tertiary/aromatic N) is 1. The van der Waals surface area contributed by atoms with Crippen LogP contribution in [0.2, 0.25) is 0 Å². The fraction of sp³-hybridized carbons (Fsp3) is 0.400. The topological polar surface area (TPSA) is 61.6 Å². The minimum absolute atomic E-state index is 0.00890. The van der Waals surface area contributed by atoms with Gasteiger partial charge in [0.25, 0.3) is 5.69 Å². The molecule has 1 aromatic carbocycles. The molecule has 0 radical (unpaired) electrons. The predicted molar refractivity (Wildman–Crippen MR) is 62.8 cm³/mol. The SMILES string of the molecule is CCOCCOc1cc([N+](=O)[O-])ccc1Br. The molecule has 0 aliphatic heterocycles. The van der Waals surface area contributed by atoms with E-state index in [1.54, 1.807) is 6.07 Å². The third kappa shape index (κ3) is 3.79. The van der Waals surface area contributed by atoms with Gasteiger partial charge in [0.2, 0.25) is 0 Å². The lowest BCUT2D eigenvalue weighted by molar-refractivity contribution is -0.385. The molecule has 0 aromatic heterocycles. The van der Waals surface area contributed by atoms with Crippen LogP contribution in [0.3, 0.4) is 0 Å². The van der Waals surface area contributed by atoms with Crippen LogP contribution in [0.4, 0.5) is 5.69 Å². The Morgan fingerprint density at radius 2 is 2.19 bits per heavy atom. The molecule has 0 saturated heterocycles. The van der Waals surface area contributed by atoms with Crippen molar-refractivity contribution in [3.8, 4) is 5.75 Å². The molecule has 1 rings (SSSR count). The monoisotopic (exact) mass is 289 g/mol. The third-order valence-electron chi connectivity index (χ3n) is 1.81. The summed E-state index contributed by atoms with van der Waals surface area (Å²) in [7, 11) is 0. The Kier molecular flexibility index (Phi) is 5.21.